The Kier molecular flexibility index (Phi) is 9.29. The number of aromatic hydroxyl groups is 1. The standard InChI is InChI=1S/C33H38BNO7/c1-21-18-26-31(33(40)35(32(26)39)17-7-3-6-10-29(37)38)27-20-34(41)42-28(30(21)27)16-13-24(23-8-4-2-5-9-23)19-22-11-14-25(36)15-12-22/h2,4-5,8-9,11-12,14-15,19,26-28,31,36,41H,3,6-7,10,13,16-18,20H2,1H3,(H,37,38)/b24-19-/t26-,27+,28-,31-/m1/s1. The number of phenols is 1. The number of nitrogens with zero attached hydrogens (tertiary/aromatic N) is 1. The highest BCUT2D eigenvalue weighted by Gasteiger charge is 2.56. The molecule has 0 radical (unpaired) electrons. The van der Waals surface area contributed by atoms with Crippen molar-refractivity contribution in [3.05, 3.63) is 76.9 Å². The Morgan fingerprint density at radius 2 is 1.74 bits per heavy atom. The molecule has 220 valence electrons. The molecule has 3 N–H and O–H groups in total. The summed E-state index contributed by atoms with van der Waals surface area (Å²) in [6.07, 6.45) is 5.59. The quantitative estimate of drug-likeness (QED) is 0.112. The molecule has 2 aromatic carbocycles. The topological polar surface area (TPSA) is 124 Å². The maximum absolute atomic E-state index is 13.6. The summed E-state index contributed by atoms with van der Waals surface area (Å²) in [6, 6.07) is 17.1. The minimum Gasteiger partial charge on any atom is -0.508 e. The number of allylic oxidation sites excluding steroid dienone is 2. The molecular weight excluding hydrogens is 533 g/mol. The summed E-state index contributed by atoms with van der Waals surface area (Å²) in [6.45, 7) is 2.32. The Morgan fingerprint density at radius 3 is 2.45 bits per heavy atom. The van der Waals surface area contributed by atoms with Gasteiger partial charge in [0.25, 0.3) is 0 Å². The summed E-state index contributed by atoms with van der Waals surface area (Å²) >= 11 is 0. The Bertz CT molecular complexity index is 1370. The molecule has 8 nitrogen and oxygen atoms in total. The molecule has 9 heteroatoms. The summed E-state index contributed by atoms with van der Waals surface area (Å²) in [5, 5.41) is 29.4. The lowest BCUT2D eigenvalue weighted by molar-refractivity contribution is -0.141. The molecule has 0 saturated carbocycles. The van der Waals surface area contributed by atoms with E-state index in [0.717, 1.165) is 27.8 Å². The molecule has 42 heavy (non-hydrogen) atoms. The van der Waals surface area contributed by atoms with Crippen molar-refractivity contribution in [2.24, 2.45) is 17.8 Å². The normalized spacial score (nSPS) is 24.2. The molecule has 5 rings (SSSR count). The molecule has 0 bridgehead atoms. The van der Waals surface area contributed by atoms with Gasteiger partial charge in [0.2, 0.25) is 11.8 Å². The van der Waals surface area contributed by atoms with E-state index >= 15 is 0 Å². The van der Waals surface area contributed by atoms with Crippen molar-refractivity contribution in [1.29, 1.82) is 0 Å². The van der Waals surface area contributed by atoms with E-state index in [1.54, 1.807) is 12.1 Å². The summed E-state index contributed by atoms with van der Waals surface area (Å²) in [4.78, 5) is 39.1. The third-order valence-corrected chi connectivity index (χ3v) is 8.87. The number of benzene rings is 2. The number of carboxylic acids is 1. The van der Waals surface area contributed by atoms with Gasteiger partial charge < -0.3 is 19.9 Å². The predicted molar refractivity (Wildman–Crippen MR) is 160 cm³/mol. The Balaban J connectivity index is 1.33. The van der Waals surface area contributed by atoms with Gasteiger partial charge in [-0.3, -0.25) is 19.3 Å². The first kappa shape index (κ1) is 29.8. The Morgan fingerprint density at radius 1 is 1.00 bits per heavy atom. The largest absolute Gasteiger partial charge is 0.508 e. The van der Waals surface area contributed by atoms with Crippen molar-refractivity contribution >= 4 is 36.6 Å². The zero-order chi connectivity index (χ0) is 29.8. The first-order chi connectivity index (χ1) is 20.2. The van der Waals surface area contributed by atoms with Crippen LogP contribution in [0.2, 0.25) is 6.32 Å². The summed E-state index contributed by atoms with van der Waals surface area (Å²) in [5.74, 6) is -2.15. The van der Waals surface area contributed by atoms with Gasteiger partial charge in [-0.2, -0.15) is 0 Å². The lowest BCUT2D eigenvalue weighted by Crippen LogP contribution is -2.46. The number of rotatable bonds is 11. The molecule has 2 aromatic rings. The van der Waals surface area contributed by atoms with Crippen molar-refractivity contribution in [1.82, 2.24) is 4.90 Å². The molecule has 2 aliphatic heterocycles. The van der Waals surface area contributed by atoms with Crippen LogP contribution in [-0.2, 0) is 19.0 Å². The van der Waals surface area contributed by atoms with Gasteiger partial charge in [0, 0.05) is 13.0 Å². The van der Waals surface area contributed by atoms with Gasteiger partial charge in [-0.25, -0.2) is 0 Å². The van der Waals surface area contributed by atoms with Crippen LogP contribution in [0.1, 0.15) is 63.0 Å². The van der Waals surface area contributed by atoms with E-state index in [9.17, 15) is 24.5 Å². The molecule has 0 aromatic heterocycles. The zero-order valence-corrected chi connectivity index (χ0v) is 23.9. The highest BCUT2D eigenvalue weighted by molar-refractivity contribution is 6.43. The number of fused-ring (bicyclic) bond motifs is 3. The van der Waals surface area contributed by atoms with Crippen LogP contribution in [0.4, 0.5) is 0 Å². The van der Waals surface area contributed by atoms with Crippen LogP contribution in [0.25, 0.3) is 11.6 Å². The second-order valence-electron chi connectivity index (χ2n) is 11.7. The van der Waals surface area contributed by atoms with Crippen LogP contribution in [0.5, 0.6) is 5.75 Å². The van der Waals surface area contributed by atoms with Gasteiger partial charge in [-0.05, 0) is 85.7 Å². The number of phenolic OH excluding ortho intramolecular Hbond substituents is 1. The fourth-order valence-electron chi connectivity index (χ4n) is 6.94. The van der Waals surface area contributed by atoms with E-state index in [4.69, 9.17) is 9.76 Å². The minimum atomic E-state index is -1.02. The number of hydrogen-bond acceptors (Lipinski definition) is 6. The molecule has 0 spiro atoms. The van der Waals surface area contributed by atoms with Crippen molar-refractivity contribution in [2.75, 3.05) is 6.54 Å². The van der Waals surface area contributed by atoms with Crippen LogP contribution < -0.4 is 0 Å². The average molecular weight is 571 g/mol. The average Bonchev–Trinajstić information content (AvgIpc) is 3.20. The summed E-state index contributed by atoms with van der Waals surface area (Å²) in [5.41, 5.74) is 5.23. The van der Waals surface area contributed by atoms with Gasteiger partial charge in [0.1, 0.15) is 5.75 Å². The SMILES string of the molecule is CC1=C2[C@@H](CC/C(=C/c3ccc(O)cc3)c3ccccc3)OB(O)C[C@@H]2[C@@H]2C(=O)N(CCCCCC(=O)O)C(=O)[C@@H]2C1. The fraction of sp³-hybridized carbons (Fsp3) is 0.424. The van der Waals surface area contributed by atoms with E-state index in [2.05, 4.69) is 18.2 Å². The van der Waals surface area contributed by atoms with E-state index in [1.165, 1.54) is 4.90 Å². The van der Waals surface area contributed by atoms with Crippen molar-refractivity contribution in [3.63, 3.8) is 0 Å². The minimum absolute atomic E-state index is 0.0804. The highest BCUT2D eigenvalue weighted by atomic mass is 16.5. The molecule has 2 heterocycles. The van der Waals surface area contributed by atoms with Gasteiger partial charge >= 0.3 is 13.1 Å². The first-order valence-electron chi connectivity index (χ1n) is 14.9. The summed E-state index contributed by atoms with van der Waals surface area (Å²) < 4.78 is 6.11. The highest BCUT2D eigenvalue weighted by Crippen LogP contribution is 2.50. The van der Waals surface area contributed by atoms with Gasteiger partial charge in [-0.15, -0.1) is 0 Å². The number of carboxylic acid groups (broad SMARTS) is 1. The van der Waals surface area contributed by atoms with Crippen LogP contribution in [0, 0.1) is 17.8 Å². The predicted octanol–water partition coefficient (Wildman–Crippen LogP) is 5.17. The third kappa shape index (κ3) is 6.52. The number of aliphatic carboxylic acids is 1. The maximum Gasteiger partial charge on any atom is 0.455 e. The van der Waals surface area contributed by atoms with Crippen LogP contribution in [-0.4, -0.2) is 57.7 Å². The number of unbranched alkanes of at least 4 members (excludes halogenated alkanes) is 2. The van der Waals surface area contributed by atoms with Crippen molar-refractivity contribution in [3.8, 4) is 5.75 Å². The first-order valence-corrected chi connectivity index (χ1v) is 14.9. The third-order valence-electron chi connectivity index (χ3n) is 8.87. The molecule has 2 saturated heterocycles. The lowest BCUT2D eigenvalue weighted by Gasteiger charge is -2.42. The molecular formula is C33H38BNO7. The molecule has 2 fully saturated rings. The number of likely N-dealkylation sites (tertiary alicyclic amines) is 1. The summed E-state index contributed by atoms with van der Waals surface area (Å²) in [7, 11) is -1.02. The molecule has 0 unspecified atom stereocenters. The number of imide groups is 1. The zero-order valence-electron chi connectivity index (χ0n) is 23.9. The molecule has 4 atom stereocenters. The van der Waals surface area contributed by atoms with Gasteiger partial charge in [0.15, 0.2) is 0 Å². The lowest BCUT2D eigenvalue weighted by atomic mass is 9.58. The molecule has 1 aliphatic carbocycles. The Labute approximate surface area is 246 Å². The van der Waals surface area contributed by atoms with E-state index in [-0.39, 0.29) is 42.3 Å². The Hall–Kier alpha value is -3.69. The van der Waals surface area contributed by atoms with Gasteiger partial charge in [-0.1, -0.05) is 60.5 Å². The smallest absolute Gasteiger partial charge is 0.455 e. The van der Waals surface area contributed by atoms with Crippen LogP contribution >= 0.6 is 0 Å². The van der Waals surface area contributed by atoms with Gasteiger partial charge in [0.05, 0.1) is 17.9 Å². The molecule has 3 aliphatic rings. The van der Waals surface area contributed by atoms with Crippen LogP contribution in [0.3, 0.4) is 0 Å². The number of carbonyl (C=O) groups is 3. The van der Waals surface area contributed by atoms with E-state index in [1.807, 2.05) is 37.3 Å². The second kappa shape index (κ2) is 13.1. The fourth-order valence-corrected chi connectivity index (χ4v) is 6.94. The van der Waals surface area contributed by atoms with Crippen LogP contribution in [0.15, 0.2) is 65.7 Å². The monoisotopic (exact) mass is 571 g/mol. The van der Waals surface area contributed by atoms with Crippen molar-refractivity contribution in [2.45, 2.75) is 64.3 Å². The number of carbonyl (C=O) groups excluding carboxylic acids is 2. The maximum atomic E-state index is 13.6. The number of amides is 2. The number of hydrogen-bond donors (Lipinski definition) is 3. The molecule has 2 amide bonds. The van der Waals surface area contributed by atoms with E-state index in [0.29, 0.717) is 45.1 Å². The second-order valence-corrected chi connectivity index (χ2v) is 11.7. The van der Waals surface area contributed by atoms with E-state index < -0.39 is 24.9 Å². The van der Waals surface area contributed by atoms with Crippen molar-refractivity contribution < 1.29 is 34.3 Å².